The van der Waals surface area contributed by atoms with Crippen molar-refractivity contribution in [3.63, 3.8) is 0 Å². The Balaban J connectivity index is 1.25. The van der Waals surface area contributed by atoms with Crippen LogP contribution in [0.3, 0.4) is 0 Å². The molecule has 9 heteroatoms. The van der Waals surface area contributed by atoms with Gasteiger partial charge in [0.05, 0.1) is 12.4 Å². The highest BCUT2D eigenvalue weighted by Crippen LogP contribution is 2.20. The number of hydrogen-bond acceptors (Lipinski definition) is 6. The molecule has 33 heavy (non-hydrogen) atoms. The van der Waals surface area contributed by atoms with Gasteiger partial charge in [-0.3, -0.25) is 9.69 Å². The average Bonchev–Trinajstić information content (AvgIpc) is 3.27. The Morgan fingerprint density at radius 3 is 2.70 bits per heavy atom. The molecule has 2 aromatic rings. The lowest BCUT2D eigenvalue weighted by Gasteiger charge is -2.30. The number of sulfonamides is 1. The number of aliphatic hydroxyl groups excluding tert-OH is 1. The van der Waals surface area contributed by atoms with Crippen molar-refractivity contribution >= 4 is 21.6 Å². The van der Waals surface area contributed by atoms with Gasteiger partial charge < -0.3 is 15.7 Å². The molecule has 8 nitrogen and oxygen atoms in total. The molecule has 2 aromatic carbocycles. The van der Waals surface area contributed by atoms with Gasteiger partial charge >= 0.3 is 0 Å². The largest absolute Gasteiger partial charge is 0.390 e. The molecule has 0 radical (unpaired) electrons. The van der Waals surface area contributed by atoms with Crippen molar-refractivity contribution in [2.45, 2.75) is 31.5 Å². The molecule has 1 fully saturated rings. The molecule has 0 spiro atoms. The van der Waals surface area contributed by atoms with E-state index >= 15 is 0 Å². The molecule has 2 atom stereocenters. The van der Waals surface area contributed by atoms with Gasteiger partial charge in [0.1, 0.15) is 0 Å². The highest BCUT2D eigenvalue weighted by atomic mass is 32.2. The number of fused-ring (bicyclic) bond motifs is 1. The number of amides is 1. The molecule has 2 heterocycles. The SMILES string of the molecule is CS(=O)(=O)N1CC[C@H](Nc2cccc(C(=O)NC[C@H](O)CN3CCc4ccccc4C3)c2)C1. The highest BCUT2D eigenvalue weighted by Gasteiger charge is 2.28. The molecular weight excluding hydrogens is 440 g/mol. The third-order valence-electron chi connectivity index (χ3n) is 6.29. The number of carbonyl (C=O) groups is 1. The fourth-order valence-corrected chi connectivity index (χ4v) is 5.41. The zero-order valence-corrected chi connectivity index (χ0v) is 19.7. The summed E-state index contributed by atoms with van der Waals surface area (Å²) >= 11 is 0. The highest BCUT2D eigenvalue weighted by molar-refractivity contribution is 7.88. The Morgan fingerprint density at radius 2 is 1.94 bits per heavy atom. The van der Waals surface area contributed by atoms with Crippen LogP contribution in [0.15, 0.2) is 48.5 Å². The first-order chi connectivity index (χ1) is 15.8. The molecule has 0 saturated carbocycles. The van der Waals surface area contributed by atoms with Gasteiger partial charge in [0.15, 0.2) is 0 Å². The van der Waals surface area contributed by atoms with Crippen molar-refractivity contribution in [1.29, 1.82) is 0 Å². The summed E-state index contributed by atoms with van der Waals surface area (Å²) in [6, 6.07) is 15.5. The van der Waals surface area contributed by atoms with E-state index in [2.05, 4.69) is 33.7 Å². The molecule has 4 rings (SSSR count). The fourth-order valence-electron chi connectivity index (χ4n) is 4.52. The molecular formula is C24H32N4O4S. The number of hydrogen-bond donors (Lipinski definition) is 3. The Labute approximate surface area is 195 Å². The Bertz CT molecular complexity index is 1090. The van der Waals surface area contributed by atoms with Gasteiger partial charge in [-0.1, -0.05) is 30.3 Å². The zero-order valence-electron chi connectivity index (χ0n) is 18.9. The van der Waals surface area contributed by atoms with Crippen molar-refractivity contribution in [3.05, 3.63) is 65.2 Å². The van der Waals surface area contributed by atoms with Crippen LogP contribution in [-0.4, -0.2) is 79.8 Å². The van der Waals surface area contributed by atoms with Crippen molar-refractivity contribution < 1.29 is 18.3 Å². The molecule has 0 aromatic heterocycles. The van der Waals surface area contributed by atoms with Crippen molar-refractivity contribution in [1.82, 2.24) is 14.5 Å². The second-order valence-electron chi connectivity index (χ2n) is 8.95. The van der Waals surface area contributed by atoms with Crippen molar-refractivity contribution in [3.8, 4) is 0 Å². The van der Waals surface area contributed by atoms with E-state index < -0.39 is 16.1 Å². The van der Waals surface area contributed by atoms with Gasteiger partial charge in [-0.25, -0.2) is 12.7 Å². The summed E-state index contributed by atoms with van der Waals surface area (Å²) in [6.45, 7) is 3.31. The molecule has 178 valence electrons. The summed E-state index contributed by atoms with van der Waals surface area (Å²) < 4.78 is 24.9. The molecule has 3 N–H and O–H groups in total. The summed E-state index contributed by atoms with van der Waals surface area (Å²) in [5, 5.41) is 16.6. The van der Waals surface area contributed by atoms with Crippen LogP contribution in [0, 0.1) is 0 Å². The maximum atomic E-state index is 12.6. The van der Waals surface area contributed by atoms with Crippen LogP contribution in [-0.2, 0) is 23.0 Å². The first-order valence-corrected chi connectivity index (χ1v) is 13.2. The minimum atomic E-state index is -3.19. The van der Waals surface area contributed by atoms with Crippen LogP contribution < -0.4 is 10.6 Å². The van der Waals surface area contributed by atoms with Crippen LogP contribution in [0.5, 0.6) is 0 Å². The number of nitrogens with one attached hydrogen (secondary N) is 2. The number of rotatable bonds is 8. The summed E-state index contributed by atoms with van der Waals surface area (Å²) in [6.07, 6.45) is 2.26. The van der Waals surface area contributed by atoms with E-state index in [0.29, 0.717) is 25.2 Å². The molecule has 1 saturated heterocycles. The van der Waals surface area contributed by atoms with E-state index in [1.165, 1.54) is 21.7 Å². The molecule has 2 aliphatic rings. The summed E-state index contributed by atoms with van der Waals surface area (Å²) in [4.78, 5) is 14.8. The molecule has 0 bridgehead atoms. The van der Waals surface area contributed by atoms with Gasteiger partial charge in [-0.15, -0.1) is 0 Å². The Hall–Kier alpha value is -2.46. The molecule has 1 amide bonds. The van der Waals surface area contributed by atoms with Gasteiger partial charge in [-0.05, 0) is 42.2 Å². The Kier molecular flexibility index (Phi) is 7.33. The quantitative estimate of drug-likeness (QED) is 0.535. The fraction of sp³-hybridized carbons (Fsp3) is 0.458. The Morgan fingerprint density at radius 1 is 1.15 bits per heavy atom. The monoisotopic (exact) mass is 472 g/mol. The summed E-state index contributed by atoms with van der Waals surface area (Å²) in [5.74, 6) is -0.245. The maximum Gasteiger partial charge on any atom is 0.251 e. The van der Waals surface area contributed by atoms with E-state index in [-0.39, 0.29) is 18.5 Å². The number of nitrogens with zero attached hydrogens (tertiary/aromatic N) is 2. The number of anilines is 1. The predicted molar refractivity (Wildman–Crippen MR) is 129 cm³/mol. The normalized spacial score (nSPS) is 20.2. The second kappa shape index (κ2) is 10.2. The smallest absolute Gasteiger partial charge is 0.251 e. The van der Waals surface area contributed by atoms with Gasteiger partial charge in [0.2, 0.25) is 10.0 Å². The number of β-amino-alcohol motifs (C(OH)–C–C–N with tert-alkyl or cyclic N) is 1. The van der Waals surface area contributed by atoms with Crippen molar-refractivity contribution in [2.24, 2.45) is 0 Å². The number of benzene rings is 2. The third kappa shape index (κ3) is 6.32. The van der Waals surface area contributed by atoms with E-state index in [1.807, 2.05) is 12.1 Å². The summed E-state index contributed by atoms with van der Waals surface area (Å²) in [7, 11) is -3.19. The maximum absolute atomic E-state index is 12.6. The lowest BCUT2D eigenvalue weighted by atomic mass is 10.00. The zero-order chi connectivity index (χ0) is 23.4. The van der Waals surface area contributed by atoms with E-state index in [9.17, 15) is 18.3 Å². The minimum absolute atomic E-state index is 0.00883. The number of carbonyl (C=O) groups excluding carboxylic acids is 1. The first kappa shape index (κ1) is 23.7. The third-order valence-corrected chi connectivity index (χ3v) is 7.56. The van der Waals surface area contributed by atoms with Crippen molar-refractivity contribution in [2.75, 3.05) is 44.3 Å². The second-order valence-corrected chi connectivity index (χ2v) is 10.9. The van der Waals surface area contributed by atoms with E-state index in [0.717, 1.165) is 31.6 Å². The van der Waals surface area contributed by atoms with E-state index in [4.69, 9.17) is 0 Å². The minimum Gasteiger partial charge on any atom is -0.390 e. The van der Waals surface area contributed by atoms with E-state index in [1.54, 1.807) is 18.2 Å². The summed E-state index contributed by atoms with van der Waals surface area (Å²) in [5.41, 5.74) is 3.94. The van der Waals surface area contributed by atoms with Gasteiger partial charge in [0.25, 0.3) is 5.91 Å². The van der Waals surface area contributed by atoms with Gasteiger partial charge in [0, 0.05) is 56.6 Å². The van der Waals surface area contributed by atoms with Crippen LogP contribution >= 0.6 is 0 Å². The van der Waals surface area contributed by atoms with Gasteiger partial charge in [-0.2, -0.15) is 0 Å². The molecule has 0 aliphatic carbocycles. The standard InChI is InChI=1S/C24H32N4O4S/c1-33(31,32)28-12-10-22(16-28)26-21-8-4-7-19(13-21)24(30)25-14-23(29)17-27-11-9-18-5-2-3-6-20(18)15-27/h2-8,13,22-23,26,29H,9-12,14-17H2,1H3,(H,25,30)/t22-,23-/m0/s1. The lowest BCUT2D eigenvalue weighted by molar-refractivity contribution is 0.0842. The van der Waals surface area contributed by atoms with Crippen LogP contribution in [0.2, 0.25) is 0 Å². The number of aliphatic hydroxyl groups is 1. The van der Waals surface area contributed by atoms with Crippen LogP contribution in [0.4, 0.5) is 5.69 Å². The van der Waals surface area contributed by atoms with Crippen LogP contribution in [0.1, 0.15) is 27.9 Å². The molecule has 0 unspecified atom stereocenters. The predicted octanol–water partition coefficient (Wildman–Crippen LogP) is 1.28. The van der Waals surface area contributed by atoms with Crippen LogP contribution in [0.25, 0.3) is 0 Å². The lowest BCUT2D eigenvalue weighted by Crippen LogP contribution is -2.42. The topological polar surface area (TPSA) is 102 Å². The molecule has 2 aliphatic heterocycles. The average molecular weight is 473 g/mol. The first-order valence-electron chi connectivity index (χ1n) is 11.3.